The molecule has 0 radical (unpaired) electrons. The van der Waals surface area contributed by atoms with E-state index in [2.05, 4.69) is 0 Å². The molecule has 1 aliphatic rings. The van der Waals surface area contributed by atoms with Crippen LogP contribution in [-0.4, -0.2) is 41.4 Å². The van der Waals surface area contributed by atoms with E-state index < -0.39 is 12.0 Å². The van der Waals surface area contributed by atoms with E-state index in [4.69, 9.17) is 5.11 Å². The van der Waals surface area contributed by atoms with E-state index in [1.807, 2.05) is 4.90 Å². The van der Waals surface area contributed by atoms with Crippen molar-refractivity contribution >= 4 is 11.8 Å². The van der Waals surface area contributed by atoms with Crippen LogP contribution in [0, 0.1) is 0 Å². The standard InChI is InChI=1S/C8H13NO3/c1-9-4-2-3-7(10)6(9)5-8(11)12/h6H,2-5H2,1H3,(H,11,12). The molecular formula is C8H13NO3. The van der Waals surface area contributed by atoms with Crippen LogP contribution in [0.1, 0.15) is 19.3 Å². The SMILES string of the molecule is CN1CCCC(=O)C1CC(=O)O. The van der Waals surface area contributed by atoms with E-state index >= 15 is 0 Å². The summed E-state index contributed by atoms with van der Waals surface area (Å²) in [4.78, 5) is 23.4. The van der Waals surface area contributed by atoms with Crippen molar-refractivity contribution in [3.8, 4) is 0 Å². The largest absolute Gasteiger partial charge is 0.481 e. The summed E-state index contributed by atoms with van der Waals surface area (Å²) < 4.78 is 0. The Balaban J connectivity index is 2.57. The van der Waals surface area contributed by atoms with Gasteiger partial charge in [0.15, 0.2) is 5.78 Å². The maximum atomic E-state index is 11.2. The average Bonchev–Trinajstić information content (AvgIpc) is 1.97. The van der Waals surface area contributed by atoms with Gasteiger partial charge in [-0.05, 0) is 20.0 Å². The van der Waals surface area contributed by atoms with Gasteiger partial charge in [-0.3, -0.25) is 14.5 Å². The van der Waals surface area contributed by atoms with Crippen LogP contribution in [0.15, 0.2) is 0 Å². The third-order valence-corrected chi connectivity index (χ3v) is 2.21. The van der Waals surface area contributed by atoms with Gasteiger partial charge in [0.2, 0.25) is 0 Å². The van der Waals surface area contributed by atoms with Crippen LogP contribution < -0.4 is 0 Å². The summed E-state index contributed by atoms with van der Waals surface area (Å²) in [5.41, 5.74) is 0. The molecule has 0 aromatic carbocycles. The highest BCUT2D eigenvalue weighted by molar-refractivity contribution is 5.88. The van der Waals surface area contributed by atoms with Gasteiger partial charge in [-0.15, -0.1) is 0 Å². The van der Waals surface area contributed by atoms with Gasteiger partial charge in [-0.1, -0.05) is 0 Å². The summed E-state index contributed by atoms with van der Waals surface area (Å²) in [6, 6.07) is -0.392. The van der Waals surface area contributed by atoms with Gasteiger partial charge in [0.1, 0.15) is 0 Å². The van der Waals surface area contributed by atoms with Crippen LogP contribution in [0.2, 0.25) is 0 Å². The van der Waals surface area contributed by atoms with Crippen molar-refractivity contribution in [3.63, 3.8) is 0 Å². The Morgan fingerprint density at radius 3 is 2.92 bits per heavy atom. The number of carboxylic acid groups (broad SMARTS) is 1. The van der Waals surface area contributed by atoms with E-state index in [1.165, 1.54) is 0 Å². The minimum Gasteiger partial charge on any atom is -0.481 e. The molecule has 0 aliphatic carbocycles. The Labute approximate surface area is 71.2 Å². The van der Waals surface area contributed by atoms with Crippen molar-refractivity contribution in [1.82, 2.24) is 4.90 Å². The lowest BCUT2D eigenvalue weighted by Crippen LogP contribution is -2.44. The molecule has 0 aromatic rings. The van der Waals surface area contributed by atoms with Gasteiger partial charge >= 0.3 is 5.97 Å². The van der Waals surface area contributed by atoms with Crippen molar-refractivity contribution in [1.29, 1.82) is 0 Å². The summed E-state index contributed by atoms with van der Waals surface area (Å²) in [5, 5.41) is 8.52. The Hall–Kier alpha value is -0.900. The summed E-state index contributed by atoms with van der Waals surface area (Å²) in [6.07, 6.45) is 1.32. The van der Waals surface area contributed by atoms with Gasteiger partial charge in [0.25, 0.3) is 0 Å². The first-order chi connectivity index (χ1) is 5.61. The molecule has 0 saturated carbocycles. The molecule has 1 atom stereocenters. The highest BCUT2D eigenvalue weighted by Crippen LogP contribution is 2.14. The van der Waals surface area contributed by atoms with Crippen molar-refractivity contribution < 1.29 is 14.7 Å². The van der Waals surface area contributed by atoms with Gasteiger partial charge < -0.3 is 5.11 Å². The highest BCUT2D eigenvalue weighted by Gasteiger charge is 2.28. The third-order valence-electron chi connectivity index (χ3n) is 2.21. The quantitative estimate of drug-likeness (QED) is 0.641. The first kappa shape index (κ1) is 9.19. The first-order valence-electron chi connectivity index (χ1n) is 4.06. The number of carbonyl (C=O) groups excluding carboxylic acids is 1. The Morgan fingerprint density at radius 2 is 2.42 bits per heavy atom. The molecule has 1 unspecified atom stereocenters. The van der Waals surface area contributed by atoms with Crippen molar-refractivity contribution in [2.75, 3.05) is 13.6 Å². The topological polar surface area (TPSA) is 57.6 Å². The number of likely N-dealkylation sites (tertiary alicyclic amines) is 1. The number of nitrogens with zero attached hydrogens (tertiary/aromatic N) is 1. The smallest absolute Gasteiger partial charge is 0.305 e. The number of aliphatic carboxylic acids is 1. The molecule has 0 amide bonds. The molecular weight excluding hydrogens is 158 g/mol. The zero-order valence-electron chi connectivity index (χ0n) is 7.12. The molecule has 1 rings (SSSR count). The number of ketones is 1. The predicted octanol–water partition coefficient (Wildman–Crippen LogP) is 0.124. The molecule has 1 fully saturated rings. The zero-order chi connectivity index (χ0) is 9.14. The second-order valence-corrected chi connectivity index (χ2v) is 3.16. The second-order valence-electron chi connectivity index (χ2n) is 3.16. The van der Waals surface area contributed by atoms with Crippen LogP contribution in [0.5, 0.6) is 0 Å². The van der Waals surface area contributed by atoms with Crippen LogP contribution in [-0.2, 0) is 9.59 Å². The summed E-state index contributed by atoms with van der Waals surface area (Å²) >= 11 is 0. The fraction of sp³-hybridized carbons (Fsp3) is 0.750. The summed E-state index contributed by atoms with van der Waals surface area (Å²) in [7, 11) is 1.80. The number of rotatable bonds is 2. The number of piperidine rings is 1. The normalized spacial score (nSPS) is 25.8. The molecule has 0 aromatic heterocycles. The van der Waals surface area contributed by atoms with E-state index in [0.717, 1.165) is 13.0 Å². The molecule has 1 saturated heterocycles. The van der Waals surface area contributed by atoms with Gasteiger partial charge in [-0.25, -0.2) is 0 Å². The fourth-order valence-corrected chi connectivity index (χ4v) is 1.51. The molecule has 1 N–H and O–H groups in total. The minimum atomic E-state index is -0.901. The van der Waals surface area contributed by atoms with E-state index in [1.54, 1.807) is 7.05 Å². The maximum absolute atomic E-state index is 11.2. The number of carbonyl (C=O) groups is 2. The first-order valence-corrected chi connectivity index (χ1v) is 4.06. The Kier molecular flexibility index (Phi) is 2.81. The third kappa shape index (κ3) is 2.04. The Bertz CT molecular complexity index is 202. The minimum absolute atomic E-state index is 0.0602. The highest BCUT2D eigenvalue weighted by atomic mass is 16.4. The van der Waals surface area contributed by atoms with Crippen LogP contribution >= 0.6 is 0 Å². The van der Waals surface area contributed by atoms with Crippen molar-refractivity contribution in [2.24, 2.45) is 0 Å². The number of hydrogen-bond donors (Lipinski definition) is 1. The van der Waals surface area contributed by atoms with Crippen molar-refractivity contribution in [2.45, 2.75) is 25.3 Å². The van der Waals surface area contributed by atoms with Crippen molar-refractivity contribution in [3.05, 3.63) is 0 Å². The van der Waals surface area contributed by atoms with E-state index in [9.17, 15) is 9.59 Å². The molecule has 0 bridgehead atoms. The number of carboxylic acids is 1. The molecule has 1 heterocycles. The molecule has 68 valence electrons. The lowest BCUT2D eigenvalue weighted by atomic mass is 9.99. The zero-order valence-corrected chi connectivity index (χ0v) is 7.12. The molecule has 4 nitrogen and oxygen atoms in total. The fourth-order valence-electron chi connectivity index (χ4n) is 1.51. The number of likely N-dealkylation sites (N-methyl/N-ethyl adjacent to an activating group) is 1. The van der Waals surface area contributed by atoms with Gasteiger partial charge in [-0.2, -0.15) is 0 Å². The van der Waals surface area contributed by atoms with Crippen LogP contribution in [0.4, 0.5) is 0 Å². The Morgan fingerprint density at radius 1 is 1.75 bits per heavy atom. The molecule has 0 spiro atoms. The van der Waals surface area contributed by atoms with Crippen LogP contribution in [0.3, 0.4) is 0 Å². The second kappa shape index (κ2) is 3.67. The lowest BCUT2D eigenvalue weighted by Gasteiger charge is -2.29. The van der Waals surface area contributed by atoms with Gasteiger partial charge in [0, 0.05) is 6.42 Å². The monoisotopic (exact) mass is 171 g/mol. The lowest BCUT2D eigenvalue weighted by molar-refractivity contribution is -0.142. The van der Waals surface area contributed by atoms with E-state index in [0.29, 0.717) is 6.42 Å². The number of Topliss-reactive ketones (excluding diaryl/α,β-unsaturated/α-hetero) is 1. The molecule has 12 heavy (non-hydrogen) atoms. The molecule has 4 heteroatoms. The summed E-state index contributed by atoms with van der Waals surface area (Å²) in [6.45, 7) is 0.823. The maximum Gasteiger partial charge on any atom is 0.305 e. The van der Waals surface area contributed by atoms with E-state index in [-0.39, 0.29) is 12.2 Å². The predicted molar refractivity (Wildman–Crippen MR) is 42.9 cm³/mol. The molecule has 1 aliphatic heterocycles. The number of hydrogen-bond acceptors (Lipinski definition) is 3. The van der Waals surface area contributed by atoms with Crippen LogP contribution in [0.25, 0.3) is 0 Å². The summed E-state index contributed by atoms with van der Waals surface area (Å²) in [5.74, 6) is -0.840. The van der Waals surface area contributed by atoms with Gasteiger partial charge in [0.05, 0.1) is 12.5 Å². The average molecular weight is 171 g/mol.